The molecule has 0 saturated heterocycles. The van der Waals surface area contributed by atoms with Gasteiger partial charge in [-0.3, -0.25) is 8.97 Å². The molecular weight excluding hydrogens is 262 g/mol. The maximum Gasteiger partial charge on any atom is 0.215 e. The topological polar surface area (TPSA) is 28.7 Å². The number of rotatable bonds is 2. The Morgan fingerprint density at radius 1 is 1.05 bits per heavy atom. The number of aryl methyl sites for hydroxylation is 1. The number of hydrogen-bond acceptors (Lipinski definition) is 3. The van der Waals surface area contributed by atoms with Crippen LogP contribution in [0.4, 0.5) is 11.5 Å². The van der Waals surface area contributed by atoms with Crippen LogP contribution in [0, 0.1) is 0 Å². The Hall–Kier alpha value is -2.69. The molecule has 1 aliphatic rings. The average Bonchev–Trinajstić information content (AvgIpc) is 3.17. The Balaban J connectivity index is 1.70. The van der Waals surface area contributed by atoms with Gasteiger partial charge in [-0.15, -0.1) is 0 Å². The van der Waals surface area contributed by atoms with Gasteiger partial charge in [-0.2, -0.15) is 0 Å². The van der Waals surface area contributed by atoms with Crippen LogP contribution in [0.25, 0.3) is 5.78 Å². The second-order valence-electron chi connectivity index (χ2n) is 5.26. The van der Waals surface area contributed by atoms with E-state index in [0.717, 1.165) is 11.6 Å². The van der Waals surface area contributed by atoms with E-state index in [4.69, 9.17) is 0 Å². The monoisotopic (exact) mass is 279 g/mol. The van der Waals surface area contributed by atoms with Crippen LogP contribution < -0.4 is 9.80 Å². The number of aromatic nitrogens is 3. The highest BCUT2D eigenvalue weighted by Gasteiger charge is 2.26. The summed E-state index contributed by atoms with van der Waals surface area (Å²) in [6.45, 7) is 2.20. The van der Waals surface area contributed by atoms with Gasteiger partial charge in [0.15, 0.2) is 0 Å². The molecule has 0 aliphatic carbocycles. The molecular formula is C16H17N5. The third-order valence-corrected chi connectivity index (χ3v) is 4.06. The third-order valence-electron chi connectivity index (χ3n) is 4.06. The fourth-order valence-corrected chi connectivity index (χ4v) is 2.92. The van der Waals surface area contributed by atoms with Crippen LogP contribution in [0.15, 0.2) is 61.3 Å². The summed E-state index contributed by atoms with van der Waals surface area (Å²) in [5.41, 5.74) is 1.20. The number of benzene rings is 1. The number of fused-ring (bicyclic) bond motifs is 1. The lowest BCUT2D eigenvalue weighted by molar-refractivity contribution is 0.726. The van der Waals surface area contributed by atoms with E-state index in [0.29, 0.717) is 0 Å². The molecule has 0 radical (unpaired) electrons. The molecule has 0 fully saturated rings. The summed E-state index contributed by atoms with van der Waals surface area (Å²) in [6.07, 6.45) is 10.4. The van der Waals surface area contributed by atoms with Gasteiger partial charge in [-0.05, 0) is 19.1 Å². The highest BCUT2D eigenvalue weighted by Crippen LogP contribution is 2.29. The van der Waals surface area contributed by atoms with E-state index < -0.39 is 0 Å². The van der Waals surface area contributed by atoms with Gasteiger partial charge in [0.05, 0.1) is 6.20 Å². The Kier molecular flexibility index (Phi) is 2.54. The molecule has 0 amide bonds. The minimum atomic E-state index is 0.228. The second kappa shape index (κ2) is 4.41. The predicted molar refractivity (Wildman–Crippen MR) is 84.2 cm³/mol. The van der Waals surface area contributed by atoms with Gasteiger partial charge in [0, 0.05) is 37.5 Å². The van der Waals surface area contributed by atoms with Crippen molar-refractivity contribution in [2.75, 3.05) is 9.80 Å². The van der Waals surface area contributed by atoms with E-state index in [1.807, 2.05) is 29.9 Å². The highest BCUT2D eigenvalue weighted by molar-refractivity contribution is 5.60. The number of anilines is 2. The van der Waals surface area contributed by atoms with Crippen molar-refractivity contribution in [3.63, 3.8) is 0 Å². The van der Waals surface area contributed by atoms with Gasteiger partial charge in [-0.25, -0.2) is 4.98 Å². The Morgan fingerprint density at radius 2 is 1.81 bits per heavy atom. The van der Waals surface area contributed by atoms with E-state index in [9.17, 15) is 0 Å². The van der Waals surface area contributed by atoms with E-state index in [1.54, 1.807) is 0 Å². The molecule has 21 heavy (non-hydrogen) atoms. The number of para-hydroxylation sites is 1. The average molecular weight is 279 g/mol. The van der Waals surface area contributed by atoms with Crippen LogP contribution in [-0.4, -0.2) is 20.1 Å². The van der Waals surface area contributed by atoms with Crippen molar-refractivity contribution in [1.82, 2.24) is 14.0 Å². The first kappa shape index (κ1) is 12.1. The van der Waals surface area contributed by atoms with E-state index in [1.165, 1.54) is 5.69 Å². The molecule has 3 heterocycles. The summed E-state index contributed by atoms with van der Waals surface area (Å²) in [7, 11) is 2.05. The van der Waals surface area contributed by atoms with Crippen molar-refractivity contribution in [2.45, 2.75) is 13.1 Å². The zero-order valence-electron chi connectivity index (χ0n) is 12.1. The highest BCUT2D eigenvalue weighted by atomic mass is 15.4. The molecule has 106 valence electrons. The molecule has 4 rings (SSSR count). The second-order valence-corrected chi connectivity index (χ2v) is 5.26. The van der Waals surface area contributed by atoms with Crippen molar-refractivity contribution in [3.8, 4) is 0 Å². The maximum absolute atomic E-state index is 4.37. The van der Waals surface area contributed by atoms with Crippen LogP contribution in [0.3, 0.4) is 0 Å². The van der Waals surface area contributed by atoms with E-state index >= 15 is 0 Å². The van der Waals surface area contributed by atoms with Crippen LogP contribution in [0.2, 0.25) is 0 Å². The number of hydrogen-bond donors (Lipinski definition) is 0. The Bertz CT molecular complexity index is 799. The third kappa shape index (κ3) is 1.74. The zero-order valence-corrected chi connectivity index (χ0v) is 12.1. The van der Waals surface area contributed by atoms with Crippen LogP contribution in [0.5, 0.6) is 0 Å². The fraction of sp³-hybridized carbons (Fsp3) is 0.188. The first-order valence-electron chi connectivity index (χ1n) is 7.04. The lowest BCUT2D eigenvalue weighted by Crippen LogP contribution is -2.36. The van der Waals surface area contributed by atoms with Gasteiger partial charge in [0.1, 0.15) is 12.0 Å². The zero-order chi connectivity index (χ0) is 14.4. The molecule has 0 unspecified atom stereocenters. The SMILES string of the molecule is C[C@H]1N(c2ccccc2)C=CN1c1cn2ccnc2n1C. The summed E-state index contributed by atoms with van der Waals surface area (Å²) in [5, 5.41) is 0. The van der Waals surface area contributed by atoms with E-state index in [-0.39, 0.29) is 6.17 Å². The van der Waals surface area contributed by atoms with Crippen LogP contribution >= 0.6 is 0 Å². The molecule has 2 aromatic heterocycles. The first-order valence-corrected chi connectivity index (χ1v) is 7.04. The van der Waals surface area contributed by atoms with Gasteiger partial charge in [0.2, 0.25) is 5.78 Å². The number of imidazole rings is 2. The van der Waals surface area contributed by atoms with Crippen LogP contribution in [0.1, 0.15) is 6.92 Å². The van der Waals surface area contributed by atoms with Crippen molar-refractivity contribution >= 4 is 17.3 Å². The minimum absolute atomic E-state index is 0.228. The molecule has 0 N–H and O–H groups in total. The minimum Gasteiger partial charge on any atom is -0.326 e. The largest absolute Gasteiger partial charge is 0.326 e. The maximum atomic E-state index is 4.37. The molecule has 1 atom stereocenters. The first-order chi connectivity index (χ1) is 10.3. The Morgan fingerprint density at radius 3 is 2.57 bits per heavy atom. The molecule has 5 nitrogen and oxygen atoms in total. The van der Waals surface area contributed by atoms with Crippen molar-refractivity contribution in [1.29, 1.82) is 0 Å². The van der Waals surface area contributed by atoms with E-state index in [2.05, 4.69) is 69.1 Å². The van der Waals surface area contributed by atoms with Gasteiger partial charge >= 0.3 is 0 Å². The lowest BCUT2D eigenvalue weighted by atomic mass is 10.3. The normalized spacial score (nSPS) is 18.1. The lowest BCUT2D eigenvalue weighted by Gasteiger charge is -2.29. The fourth-order valence-electron chi connectivity index (χ4n) is 2.92. The summed E-state index contributed by atoms with van der Waals surface area (Å²) >= 11 is 0. The predicted octanol–water partition coefficient (Wildman–Crippen LogP) is 2.82. The standard InChI is InChI=1S/C16H17N5/c1-13-20(14-6-4-3-5-7-14)10-11-21(13)15-12-19-9-8-17-16(19)18(15)2/h3-13H,1-2H3/t13-/m0/s1. The molecule has 1 aromatic carbocycles. The molecule has 0 spiro atoms. The molecule has 0 bridgehead atoms. The Labute approximate surface area is 123 Å². The summed E-state index contributed by atoms with van der Waals surface area (Å²) in [5.74, 6) is 2.07. The summed E-state index contributed by atoms with van der Waals surface area (Å²) in [4.78, 5) is 8.89. The van der Waals surface area contributed by atoms with Gasteiger partial charge in [-0.1, -0.05) is 18.2 Å². The molecule has 5 heteroatoms. The van der Waals surface area contributed by atoms with Crippen molar-refractivity contribution in [3.05, 3.63) is 61.3 Å². The van der Waals surface area contributed by atoms with Crippen molar-refractivity contribution < 1.29 is 0 Å². The summed E-state index contributed by atoms with van der Waals surface area (Å²) < 4.78 is 4.15. The molecule has 3 aromatic rings. The number of nitrogens with zero attached hydrogens (tertiary/aromatic N) is 5. The molecule has 0 saturated carbocycles. The molecule has 1 aliphatic heterocycles. The van der Waals surface area contributed by atoms with Gasteiger partial charge < -0.3 is 9.80 Å². The quantitative estimate of drug-likeness (QED) is 0.722. The smallest absolute Gasteiger partial charge is 0.215 e. The summed E-state index contributed by atoms with van der Waals surface area (Å²) in [6, 6.07) is 10.4. The van der Waals surface area contributed by atoms with Gasteiger partial charge in [0.25, 0.3) is 0 Å². The van der Waals surface area contributed by atoms with Crippen molar-refractivity contribution in [2.24, 2.45) is 7.05 Å². The van der Waals surface area contributed by atoms with Crippen LogP contribution in [-0.2, 0) is 7.05 Å².